The molecule has 1 saturated carbocycles. The first-order valence-electron chi connectivity index (χ1n) is 6.02. The minimum Gasteiger partial charge on any atom is -0.376 e. The predicted octanol–water partition coefficient (Wildman–Crippen LogP) is 4.00. The van der Waals surface area contributed by atoms with E-state index < -0.39 is 0 Å². The van der Waals surface area contributed by atoms with Crippen molar-refractivity contribution in [2.24, 2.45) is 5.41 Å². The third-order valence-corrected chi connectivity index (χ3v) is 4.03. The predicted molar refractivity (Wildman–Crippen MR) is 67.7 cm³/mol. The molecule has 0 aromatic heterocycles. The fourth-order valence-corrected chi connectivity index (χ4v) is 2.75. The average Bonchev–Trinajstić information content (AvgIpc) is 2.80. The number of benzene rings is 1. The Kier molecular flexibility index (Phi) is 4.25. The van der Waals surface area contributed by atoms with Crippen LogP contribution < -0.4 is 0 Å². The Morgan fingerprint density at radius 3 is 2.44 bits per heavy atom. The van der Waals surface area contributed by atoms with Crippen molar-refractivity contribution >= 4 is 11.6 Å². The molecule has 1 fully saturated rings. The maximum atomic E-state index is 6.07. The molecule has 1 aromatic carbocycles. The smallest absolute Gasteiger partial charge is 0.0717 e. The van der Waals surface area contributed by atoms with Gasteiger partial charge >= 0.3 is 0 Å². The van der Waals surface area contributed by atoms with Crippen LogP contribution in [0.2, 0.25) is 0 Å². The van der Waals surface area contributed by atoms with E-state index in [2.05, 4.69) is 12.1 Å². The first-order valence-corrected chi connectivity index (χ1v) is 6.56. The summed E-state index contributed by atoms with van der Waals surface area (Å²) in [5, 5.41) is 0. The molecular formula is C14H19ClO. The molecule has 0 amide bonds. The maximum absolute atomic E-state index is 6.07. The molecule has 88 valence electrons. The van der Waals surface area contributed by atoms with Crippen LogP contribution in [-0.4, -0.2) is 12.5 Å². The highest BCUT2D eigenvalue weighted by molar-refractivity contribution is 6.18. The van der Waals surface area contributed by atoms with Gasteiger partial charge in [0.25, 0.3) is 0 Å². The molecule has 2 rings (SSSR count). The zero-order valence-corrected chi connectivity index (χ0v) is 10.4. The van der Waals surface area contributed by atoms with E-state index in [9.17, 15) is 0 Å². The zero-order chi connectivity index (χ0) is 11.3. The van der Waals surface area contributed by atoms with Gasteiger partial charge in [-0.05, 0) is 18.4 Å². The minimum absolute atomic E-state index is 0.260. The number of hydrogen-bond acceptors (Lipinski definition) is 1. The Morgan fingerprint density at radius 1 is 1.12 bits per heavy atom. The van der Waals surface area contributed by atoms with Gasteiger partial charge in [-0.1, -0.05) is 43.2 Å². The lowest BCUT2D eigenvalue weighted by Gasteiger charge is -2.25. The summed E-state index contributed by atoms with van der Waals surface area (Å²) in [7, 11) is 0. The molecule has 1 aliphatic rings. The molecule has 0 atom stereocenters. The quantitative estimate of drug-likeness (QED) is 0.705. The van der Waals surface area contributed by atoms with Crippen LogP contribution in [0.3, 0.4) is 0 Å². The van der Waals surface area contributed by atoms with Gasteiger partial charge in [0.05, 0.1) is 13.2 Å². The van der Waals surface area contributed by atoms with Gasteiger partial charge in [-0.25, -0.2) is 0 Å². The highest BCUT2D eigenvalue weighted by Gasteiger charge is 2.33. The van der Waals surface area contributed by atoms with Gasteiger partial charge in [0.1, 0.15) is 0 Å². The maximum Gasteiger partial charge on any atom is 0.0717 e. The van der Waals surface area contributed by atoms with Crippen molar-refractivity contribution in [3.05, 3.63) is 35.9 Å². The summed E-state index contributed by atoms with van der Waals surface area (Å²) in [5.41, 5.74) is 1.50. The van der Waals surface area contributed by atoms with E-state index >= 15 is 0 Å². The van der Waals surface area contributed by atoms with Crippen LogP contribution in [0.5, 0.6) is 0 Å². The second-order valence-electron chi connectivity index (χ2n) is 4.82. The Bertz CT molecular complexity index is 304. The normalized spacial score (nSPS) is 18.8. The van der Waals surface area contributed by atoms with E-state index in [1.54, 1.807) is 0 Å². The van der Waals surface area contributed by atoms with Crippen molar-refractivity contribution in [1.29, 1.82) is 0 Å². The molecule has 0 unspecified atom stereocenters. The van der Waals surface area contributed by atoms with Crippen LogP contribution in [0, 0.1) is 5.41 Å². The third kappa shape index (κ3) is 2.99. The highest BCUT2D eigenvalue weighted by atomic mass is 35.5. The number of rotatable bonds is 5. The fraction of sp³-hybridized carbons (Fsp3) is 0.571. The Hall–Kier alpha value is -0.530. The topological polar surface area (TPSA) is 9.23 Å². The average molecular weight is 239 g/mol. The van der Waals surface area contributed by atoms with Gasteiger partial charge in [0, 0.05) is 11.3 Å². The van der Waals surface area contributed by atoms with Crippen molar-refractivity contribution in [2.75, 3.05) is 12.5 Å². The van der Waals surface area contributed by atoms with Gasteiger partial charge in [-0.15, -0.1) is 11.6 Å². The van der Waals surface area contributed by atoms with Gasteiger partial charge in [-0.2, -0.15) is 0 Å². The van der Waals surface area contributed by atoms with Crippen LogP contribution >= 0.6 is 11.6 Å². The molecule has 16 heavy (non-hydrogen) atoms. The van der Waals surface area contributed by atoms with E-state index in [-0.39, 0.29) is 5.41 Å². The lowest BCUT2D eigenvalue weighted by atomic mass is 9.90. The molecule has 0 radical (unpaired) electrons. The van der Waals surface area contributed by atoms with Crippen LogP contribution in [-0.2, 0) is 11.3 Å². The van der Waals surface area contributed by atoms with E-state index in [1.807, 2.05) is 18.2 Å². The monoisotopic (exact) mass is 238 g/mol. The molecule has 1 nitrogen and oxygen atoms in total. The second kappa shape index (κ2) is 5.70. The number of ether oxygens (including phenoxy) is 1. The fourth-order valence-electron chi connectivity index (χ4n) is 2.40. The largest absolute Gasteiger partial charge is 0.376 e. The van der Waals surface area contributed by atoms with Crippen LogP contribution in [0.25, 0.3) is 0 Å². The molecule has 1 aromatic rings. The summed E-state index contributed by atoms with van der Waals surface area (Å²) >= 11 is 6.07. The van der Waals surface area contributed by atoms with Gasteiger partial charge in [0.15, 0.2) is 0 Å². The summed E-state index contributed by atoms with van der Waals surface area (Å²) in [6.45, 7) is 1.52. The van der Waals surface area contributed by atoms with Gasteiger partial charge in [0.2, 0.25) is 0 Å². The number of alkyl halides is 1. The summed E-state index contributed by atoms with van der Waals surface area (Å²) in [4.78, 5) is 0. The summed E-state index contributed by atoms with van der Waals surface area (Å²) in [6, 6.07) is 10.3. The van der Waals surface area contributed by atoms with E-state index in [0.717, 1.165) is 12.5 Å². The lowest BCUT2D eigenvalue weighted by molar-refractivity contribution is 0.0474. The standard InChI is InChI=1S/C14H19ClO/c15-11-14(8-4-5-9-14)12-16-10-13-6-2-1-3-7-13/h1-3,6-7H,4-5,8-12H2. The van der Waals surface area contributed by atoms with Crippen molar-refractivity contribution in [3.8, 4) is 0 Å². The lowest BCUT2D eigenvalue weighted by Crippen LogP contribution is -2.25. The number of halogens is 1. The van der Waals surface area contributed by atoms with Crippen molar-refractivity contribution < 1.29 is 4.74 Å². The van der Waals surface area contributed by atoms with Crippen molar-refractivity contribution in [3.63, 3.8) is 0 Å². The molecule has 1 aliphatic carbocycles. The zero-order valence-electron chi connectivity index (χ0n) is 9.62. The first-order chi connectivity index (χ1) is 7.85. The Morgan fingerprint density at radius 2 is 1.81 bits per heavy atom. The molecule has 0 aliphatic heterocycles. The van der Waals surface area contributed by atoms with E-state index in [0.29, 0.717) is 6.61 Å². The minimum atomic E-state index is 0.260. The first kappa shape index (κ1) is 11.9. The molecule has 0 saturated heterocycles. The van der Waals surface area contributed by atoms with Crippen molar-refractivity contribution in [2.45, 2.75) is 32.3 Å². The second-order valence-corrected chi connectivity index (χ2v) is 5.09. The van der Waals surface area contributed by atoms with Crippen LogP contribution in [0.4, 0.5) is 0 Å². The van der Waals surface area contributed by atoms with Crippen LogP contribution in [0.1, 0.15) is 31.2 Å². The summed E-state index contributed by atoms with van der Waals surface area (Å²) in [5.74, 6) is 0.738. The Balaban J connectivity index is 1.79. The molecule has 0 N–H and O–H groups in total. The van der Waals surface area contributed by atoms with Gasteiger partial charge in [-0.3, -0.25) is 0 Å². The molecule has 2 heteroatoms. The summed E-state index contributed by atoms with van der Waals surface area (Å²) < 4.78 is 5.81. The number of hydrogen-bond donors (Lipinski definition) is 0. The van der Waals surface area contributed by atoms with Crippen LogP contribution in [0.15, 0.2) is 30.3 Å². The molecule has 0 spiro atoms. The molecule has 0 heterocycles. The van der Waals surface area contributed by atoms with Crippen molar-refractivity contribution in [1.82, 2.24) is 0 Å². The van der Waals surface area contributed by atoms with E-state index in [4.69, 9.17) is 16.3 Å². The third-order valence-electron chi connectivity index (χ3n) is 3.47. The molecular weight excluding hydrogens is 220 g/mol. The highest BCUT2D eigenvalue weighted by Crippen LogP contribution is 2.39. The Labute approximate surface area is 103 Å². The van der Waals surface area contributed by atoms with E-state index in [1.165, 1.54) is 31.2 Å². The van der Waals surface area contributed by atoms with Gasteiger partial charge < -0.3 is 4.74 Å². The SMILES string of the molecule is ClCC1(COCc2ccccc2)CCCC1. The molecule has 0 bridgehead atoms. The summed E-state index contributed by atoms with van der Waals surface area (Å²) in [6.07, 6.45) is 5.07.